The number of fused-ring (bicyclic) bond motifs is 2. The minimum atomic E-state index is -0.239. The fourth-order valence-electron chi connectivity index (χ4n) is 3.32. The minimum absolute atomic E-state index is 0.156. The van der Waals surface area contributed by atoms with Crippen molar-refractivity contribution in [3.63, 3.8) is 0 Å². The lowest BCUT2D eigenvalue weighted by atomic mass is 10.2. The predicted molar refractivity (Wildman–Crippen MR) is 121 cm³/mol. The Hall–Kier alpha value is -3.36. The number of rotatable bonds is 5. The molecule has 5 aromatic rings. The van der Waals surface area contributed by atoms with E-state index in [1.165, 1.54) is 11.8 Å². The molecular formula is C22H15ClN4O3S. The molecule has 0 atom stereocenters. The van der Waals surface area contributed by atoms with Crippen LogP contribution in [-0.2, 0) is 12.3 Å². The van der Waals surface area contributed by atoms with E-state index >= 15 is 0 Å². The molecule has 3 heterocycles. The van der Waals surface area contributed by atoms with Crippen LogP contribution >= 0.6 is 23.4 Å². The lowest BCUT2D eigenvalue weighted by Gasteiger charge is -2.12. The molecule has 0 saturated carbocycles. The highest BCUT2D eigenvalue weighted by Crippen LogP contribution is 2.23. The molecular weight excluding hydrogens is 436 g/mol. The van der Waals surface area contributed by atoms with Gasteiger partial charge in [-0.25, -0.2) is 9.97 Å². The van der Waals surface area contributed by atoms with Crippen LogP contribution in [0.5, 0.6) is 0 Å². The van der Waals surface area contributed by atoms with Gasteiger partial charge in [-0.1, -0.05) is 35.5 Å². The second-order valence-corrected chi connectivity index (χ2v) is 8.22. The lowest BCUT2D eigenvalue weighted by molar-refractivity contribution is 0.476. The molecule has 2 aromatic carbocycles. The van der Waals surface area contributed by atoms with Crippen LogP contribution in [0.4, 0.5) is 0 Å². The van der Waals surface area contributed by atoms with Gasteiger partial charge < -0.3 is 9.40 Å². The highest BCUT2D eigenvalue weighted by molar-refractivity contribution is 7.98. The Balaban J connectivity index is 1.54. The predicted octanol–water partition coefficient (Wildman–Crippen LogP) is 4.22. The third-order valence-corrected chi connectivity index (χ3v) is 6.00. The third kappa shape index (κ3) is 3.87. The van der Waals surface area contributed by atoms with Gasteiger partial charge in [0.15, 0.2) is 5.16 Å². The van der Waals surface area contributed by atoms with E-state index in [4.69, 9.17) is 16.0 Å². The zero-order chi connectivity index (χ0) is 21.4. The first-order valence-electron chi connectivity index (χ1n) is 9.42. The van der Waals surface area contributed by atoms with Crippen molar-refractivity contribution in [2.24, 2.45) is 0 Å². The van der Waals surface area contributed by atoms with E-state index in [0.717, 1.165) is 0 Å². The van der Waals surface area contributed by atoms with Gasteiger partial charge in [0.05, 0.1) is 40.4 Å². The number of aromatic amines is 1. The third-order valence-electron chi connectivity index (χ3n) is 4.78. The van der Waals surface area contributed by atoms with Crippen molar-refractivity contribution in [1.29, 1.82) is 0 Å². The Bertz CT molecular complexity index is 1530. The monoisotopic (exact) mass is 450 g/mol. The van der Waals surface area contributed by atoms with Crippen LogP contribution < -0.4 is 11.1 Å². The molecule has 31 heavy (non-hydrogen) atoms. The normalized spacial score (nSPS) is 11.4. The van der Waals surface area contributed by atoms with Crippen molar-refractivity contribution in [2.75, 3.05) is 0 Å². The molecule has 0 aliphatic heterocycles. The van der Waals surface area contributed by atoms with Crippen LogP contribution in [0.2, 0.25) is 5.02 Å². The standard InChI is InChI=1S/C22H15ClN4O3S/c23-13-7-8-15-18(10-13)24-19(26-20(15)28)12-31-22-25-17-6-2-1-5-16(17)21(29)27(22)11-14-4-3-9-30-14/h1-10H,11-12H2,(H,24,26,28). The van der Waals surface area contributed by atoms with Crippen molar-refractivity contribution >= 4 is 45.2 Å². The van der Waals surface area contributed by atoms with Crippen LogP contribution in [0.15, 0.2) is 80.0 Å². The summed E-state index contributed by atoms with van der Waals surface area (Å²) in [5.74, 6) is 1.44. The van der Waals surface area contributed by atoms with Gasteiger partial charge in [-0.05, 0) is 42.5 Å². The molecule has 0 aliphatic rings. The summed E-state index contributed by atoms with van der Waals surface area (Å²) < 4.78 is 7.00. The molecule has 9 heteroatoms. The molecule has 5 rings (SSSR count). The summed E-state index contributed by atoms with van der Waals surface area (Å²) in [6, 6.07) is 15.7. The number of furan rings is 1. The summed E-state index contributed by atoms with van der Waals surface area (Å²) in [7, 11) is 0. The first kappa shape index (κ1) is 19.6. The van der Waals surface area contributed by atoms with E-state index in [2.05, 4.69) is 15.0 Å². The van der Waals surface area contributed by atoms with Crippen molar-refractivity contribution in [3.05, 3.63) is 98.2 Å². The minimum Gasteiger partial charge on any atom is -0.467 e. The van der Waals surface area contributed by atoms with E-state index in [1.807, 2.05) is 18.2 Å². The second-order valence-electron chi connectivity index (χ2n) is 6.84. The maximum absolute atomic E-state index is 13.1. The van der Waals surface area contributed by atoms with Gasteiger partial charge in [-0.3, -0.25) is 14.2 Å². The van der Waals surface area contributed by atoms with Gasteiger partial charge in [0.25, 0.3) is 11.1 Å². The Morgan fingerprint density at radius 2 is 1.87 bits per heavy atom. The summed E-state index contributed by atoms with van der Waals surface area (Å²) in [5.41, 5.74) is 0.733. The van der Waals surface area contributed by atoms with Crippen molar-refractivity contribution < 1.29 is 4.42 Å². The fraction of sp³-hybridized carbons (Fsp3) is 0.0909. The molecule has 1 N–H and O–H groups in total. The topological polar surface area (TPSA) is 93.8 Å². The smallest absolute Gasteiger partial charge is 0.262 e. The maximum Gasteiger partial charge on any atom is 0.262 e. The summed E-state index contributed by atoms with van der Waals surface area (Å²) in [6.07, 6.45) is 1.57. The van der Waals surface area contributed by atoms with Crippen LogP contribution in [0.3, 0.4) is 0 Å². The van der Waals surface area contributed by atoms with Gasteiger partial charge in [0, 0.05) is 5.02 Å². The maximum atomic E-state index is 13.1. The van der Waals surface area contributed by atoms with E-state index in [1.54, 1.807) is 47.2 Å². The molecule has 0 amide bonds. The SMILES string of the molecule is O=c1[nH]c(CSc2nc3ccccc3c(=O)n2Cc2ccco2)nc2cc(Cl)ccc12. The molecule has 0 radical (unpaired) electrons. The number of H-pyrrole nitrogens is 1. The van der Waals surface area contributed by atoms with Crippen molar-refractivity contribution in [1.82, 2.24) is 19.5 Å². The number of halogens is 1. The van der Waals surface area contributed by atoms with E-state index in [-0.39, 0.29) is 17.7 Å². The number of thioether (sulfide) groups is 1. The van der Waals surface area contributed by atoms with Crippen LogP contribution in [0.1, 0.15) is 11.6 Å². The van der Waals surface area contributed by atoms with Crippen molar-refractivity contribution in [3.8, 4) is 0 Å². The van der Waals surface area contributed by atoms with Gasteiger partial charge in [-0.15, -0.1) is 0 Å². The number of nitrogens with zero attached hydrogens (tertiary/aromatic N) is 3. The van der Waals surface area contributed by atoms with Crippen molar-refractivity contribution in [2.45, 2.75) is 17.5 Å². The second kappa shape index (κ2) is 8.05. The van der Waals surface area contributed by atoms with E-state index < -0.39 is 0 Å². The van der Waals surface area contributed by atoms with Crippen LogP contribution in [0, 0.1) is 0 Å². The summed E-state index contributed by atoms with van der Waals surface area (Å²) >= 11 is 7.36. The highest BCUT2D eigenvalue weighted by Gasteiger charge is 2.14. The van der Waals surface area contributed by atoms with Gasteiger partial charge >= 0.3 is 0 Å². The van der Waals surface area contributed by atoms with E-state index in [9.17, 15) is 9.59 Å². The average Bonchev–Trinajstić information content (AvgIpc) is 3.27. The Labute approximate surface area is 184 Å². The van der Waals surface area contributed by atoms with Gasteiger partial charge in [0.2, 0.25) is 0 Å². The molecule has 0 spiro atoms. The average molecular weight is 451 g/mol. The van der Waals surface area contributed by atoms with E-state index in [0.29, 0.717) is 49.3 Å². The molecule has 0 bridgehead atoms. The molecule has 0 unspecified atom stereocenters. The first-order chi connectivity index (χ1) is 15.1. The lowest BCUT2D eigenvalue weighted by Crippen LogP contribution is -2.24. The quantitative estimate of drug-likeness (QED) is 0.318. The zero-order valence-electron chi connectivity index (χ0n) is 16.0. The highest BCUT2D eigenvalue weighted by atomic mass is 35.5. The number of benzene rings is 2. The molecule has 3 aromatic heterocycles. The molecule has 0 fully saturated rings. The van der Waals surface area contributed by atoms with Gasteiger partial charge in [0.1, 0.15) is 11.6 Å². The molecule has 0 saturated heterocycles. The number of aromatic nitrogens is 4. The number of hydrogen-bond donors (Lipinski definition) is 1. The Kier molecular flexibility index (Phi) is 5.09. The number of nitrogens with one attached hydrogen (secondary N) is 1. The Morgan fingerprint density at radius 1 is 1.00 bits per heavy atom. The molecule has 7 nitrogen and oxygen atoms in total. The summed E-state index contributed by atoms with van der Waals surface area (Å²) in [4.78, 5) is 37.5. The molecule has 154 valence electrons. The summed E-state index contributed by atoms with van der Waals surface area (Å²) in [5, 5.41) is 2.02. The van der Waals surface area contributed by atoms with Gasteiger partial charge in [-0.2, -0.15) is 0 Å². The number of para-hydroxylation sites is 1. The largest absolute Gasteiger partial charge is 0.467 e. The molecule has 0 aliphatic carbocycles. The number of hydrogen-bond acceptors (Lipinski definition) is 6. The fourth-order valence-corrected chi connectivity index (χ4v) is 4.35. The first-order valence-corrected chi connectivity index (χ1v) is 10.8. The Morgan fingerprint density at radius 3 is 2.71 bits per heavy atom. The summed E-state index contributed by atoms with van der Waals surface area (Å²) in [6.45, 7) is 0.253. The zero-order valence-corrected chi connectivity index (χ0v) is 17.6. The van der Waals surface area contributed by atoms with Crippen LogP contribution in [0.25, 0.3) is 21.8 Å². The van der Waals surface area contributed by atoms with Crippen LogP contribution in [-0.4, -0.2) is 19.5 Å².